The van der Waals surface area contributed by atoms with Crippen LogP contribution in [0.3, 0.4) is 0 Å². The third-order valence-corrected chi connectivity index (χ3v) is 6.61. The summed E-state index contributed by atoms with van der Waals surface area (Å²) in [6, 6.07) is 3.26. The average Bonchev–Trinajstić information content (AvgIpc) is 3.28. The fourth-order valence-corrected chi connectivity index (χ4v) is 5.07. The smallest absolute Gasteiger partial charge is 0.271 e. The molecular formula is C18H20N6O4S. The van der Waals surface area contributed by atoms with Crippen LogP contribution in [0.15, 0.2) is 42.0 Å². The van der Waals surface area contributed by atoms with Crippen molar-refractivity contribution in [1.82, 2.24) is 19.8 Å². The zero-order valence-corrected chi connectivity index (χ0v) is 16.4. The number of nitrogens with one attached hydrogen (secondary N) is 1. The predicted molar refractivity (Wildman–Crippen MR) is 105 cm³/mol. The van der Waals surface area contributed by atoms with E-state index in [0.717, 1.165) is 5.56 Å². The standard InChI is InChI=1S/C18H20N6O4S/c25-17-2-1-16(22-24(17)15-5-8-29(27,28)12-15)18(26)21-14-9-20-23(11-14)10-13-3-6-19-7-4-13/h3-4,6-7,9,11,15H,1-2,5,8,10,12H2,(H,21,26)/t15-/m1/s1. The molecule has 1 saturated heterocycles. The van der Waals surface area contributed by atoms with Crippen molar-refractivity contribution in [3.05, 3.63) is 42.5 Å². The van der Waals surface area contributed by atoms with Crippen LogP contribution in [-0.2, 0) is 26.0 Å². The Balaban J connectivity index is 1.43. The van der Waals surface area contributed by atoms with E-state index >= 15 is 0 Å². The molecule has 4 heterocycles. The highest BCUT2D eigenvalue weighted by Crippen LogP contribution is 2.22. The van der Waals surface area contributed by atoms with Gasteiger partial charge in [0.25, 0.3) is 5.91 Å². The molecule has 10 nitrogen and oxygen atoms in total. The molecule has 0 saturated carbocycles. The fourth-order valence-electron chi connectivity index (χ4n) is 3.38. The Morgan fingerprint density at radius 3 is 2.76 bits per heavy atom. The molecule has 1 fully saturated rings. The van der Waals surface area contributed by atoms with Gasteiger partial charge in [-0.3, -0.25) is 19.3 Å². The van der Waals surface area contributed by atoms with E-state index in [-0.39, 0.29) is 36.0 Å². The molecule has 2 aliphatic rings. The second-order valence-corrected chi connectivity index (χ2v) is 9.31. The normalized spacial score (nSPS) is 21.1. The third kappa shape index (κ3) is 4.50. The number of aromatic nitrogens is 3. The number of hydrogen-bond acceptors (Lipinski definition) is 7. The number of sulfone groups is 1. The number of anilines is 1. The molecular weight excluding hydrogens is 396 g/mol. The summed E-state index contributed by atoms with van der Waals surface area (Å²) in [6.45, 7) is 0.539. The summed E-state index contributed by atoms with van der Waals surface area (Å²) in [4.78, 5) is 28.7. The lowest BCUT2D eigenvalue weighted by molar-refractivity contribution is -0.133. The summed E-state index contributed by atoms with van der Waals surface area (Å²) in [5.41, 5.74) is 1.74. The first kappa shape index (κ1) is 19.2. The van der Waals surface area contributed by atoms with Gasteiger partial charge in [-0.2, -0.15) is 10.2 Å². The molecule has 0 unspecified atom stereocenters. The fraction of sp³-hybridized carbons (Fsp3) is 0.389. The minimum Gasteiger partial charge on any atom is -0.318 e. The van der Waals surface area contributed by atoms with Crippen molar-refractivity contribution in [2.75, 3.05) is 16.8 Å². The summed E-state index contributed by atoms with van der Waals surface area (Å²) in [5, 5.41) is 12.3. The van der Waals surface area contributed by atoms with Crippen molar-refractivity contribution in [2.24, 2.45) is 5.10 Å². The van der Waals surface area contributed by atoms with Gasteiger partial charge >= 0.3 is 0 Å². The Bertz CT molecular complexity index is 1060. The second-order valence-electron chi connectivity index (χ2n) is 7.08. The second kappa shape index (κ2) is 7.74. The van der Waals surface area contributed by atoms with Crippen molar-refractivity contribution < 1.29 is 18.0 Å². The highest BCUT2D eigenvalue weighted by Gasteiger charge is 2.37. The maximum Gasteiger partial charge on any atom is 0.271 e. The lowest BCUT2D eigenvalue weighted by Gasteiger charge is -2.27. The Morgan fingerprint density at radius 2 is 2.03 bits per heavy atom. The molecule has 0 spiro atoms. The number of hydrazone groups is 1. The first-order valence-corrected chi connectivity index (χ1v) is 11.0. The largest absolute Gasteiger partial charge is 0.318 e. The molecule has 4 rings (SSSR count). The summed E-state index contributed by atoms with van der Waals surface area (Å²) in [5.74, 6) is -0.755. The molecule has 29 heavy (non-hydrogen) atoms. The number of pyridine rings is 1. The van der Waals surface area contributed by atoms with E-state index in [1.165, 1.54) is 11.2 Å². The highest BCUT2D eigenvalue weighted by molar-refractivity contribution is 7.91. The van der Waals surface area contributed by atoms with Gasteiger partial charge in [-0.25, -0.2) is 13.4 Å². The molecule has 0 bridgehead atoms. The van der Waals surface area contributed by atoms with Gasteiger partial charge in [0, 0.05) is 31.4 Å². The number of hydrogen-bond donors (Lipinski definition) is 1. The highest BCUT2D eigenvalue weighted by atomic mass is 32.2. The number of nitrogens with zero attached hydrogens (tertiary/aromatic N) is 5. The van der Waals surface area contributed by atoms with Crippen LogP contribution < -0.4 is 5.32 Å². The summed E-state index contributed by atoms with van der Waals surface area (Å²) < 4.78 is 25.1. The molecule has 0 radical (unpaired) electrons. The Labute approximate surface area is 167 Å². The van der Waals surface area contributed by atoms with Gasteiger partial charge in [0.15, 0.2) is 9.84 Å². The molecule has 2 aliphatic heterocycles. The Kier molecular flexibility index (Phi) is 5.14. The summed E-state index contributed by atoms with van der Waals surface area (Å²) >= 11 is 0. The van der Waals surface area contributed by atoms with Crippen molar-refractivity contribution in [2.45, 2.75) is 31.8 Å². The van der Waals surface area contributed by atoms with E-state index in [0.29, 0.717) is 18.7 Å². The van der Waals surface area contributed by atoms with Gasteiger partial charge in [0.1, 0.15) is 5.71 Å². The van der Waals surface area contributed by atoms with Crippen LogP contribution in [-0.4, -0.2) is 63.3 Å². The zero-order valence-electron chi connectivity index (χ0n) is 15.6. The maximum absolute atomic E-state index is 12.6. The summed E-state index contributed by atoms with van der Waals surface area (Å²) in [6.07, 6.45) is 7.32. The van der Waals surface area contributed by atoms with Gasteiger partial charge in [0.2, 0.25) is 5.91 Å². The average molecular weight is 416 g/mol. The van der Waals surface area contributed by atoms with Gasteiger partial charge < -0.3 is 5.32 Å². The predicted octanol–water partition coefficient (Wildman–Crippen LogP) is 0.430. The molecule has 0 aliphatic carbocycles. The number of carbonyl (C=O) groups is 2. The monoisotopic (exact) mass is 416 g/mol. The van der Waals surface area contributed by atoms with E-state index in [2.05, 4.69) is 20.5 Å². The number of rotatable bonds is 5. The van der Waals surface area contributed by atoms with E-state index in [1.807, 2.05) is 12.1 Å². The van der Waals surface area contributed by atoms with E-state index in [9.17, 15) is 18.0 Å². The minimum atomic E-state index is -3.16. The van der Waals surface area contributed by atoms with Crippen LogP contribution in [0.5, 0.6) is 0 Å². The Morgan fingerprint density at radius 1 is 1.24 bits per heavy atom. The van der Waals surface area contributed by atoms with Crippen LogP contribution >= 0.6 is 0 Å². The Hall–Kier alpha value is -3.08. The van der Waals surface area contributed by atoms with Gasteiger partial charge in [-0.15, -0.1) is 0 Å². The topological polar surface area (TPSA) is 127 Å². The maximum atomic E-state index is 12.6. The molecule has 2 aromatic rings. The summed E-state index contributed by atoms with van der Waals surface area (Å²) in [7, 11) is -3.16. The quantitative estimate of drug-likeness (QED) is 0.753. The number of amides is 2. The molecule has 0 aromatic carbocycles. The van der Waals surface area contributed by atoms with E-state index < -0.39 is 21.8 Å². The van der Waals surface area contributed by atoms with Crippen molar-refractivity contribution in [1.29, 1.82) is 0 Å². The lowest BCUT2D eigenvalue weighted by Crippen LogP contribution is -2.42. The van der Waals surface area contributed by atoms with Crippen molar-refractivity contribution in [3.63, 3.8) is 0 Å². The van der Waals surface area contributed by atoms with E-state index in [4.69, 9.17) is 0 Å². The molecule has 2 aromatic heterocycles. The van der Waals surface area contributed by atoms with Gasteiger partial charge in [0.05, 0.1) is 36.0 Å². The van der Waals surface area contributed by atoms with Gasteiger partial charge in [-0.05, 0) is 24.1 Å². The van der Waals surface area contributed by atoms with Crippen LogP contribution in [0.1, 0.15) is 24.8 Å². The first-order valence-electron chi connectivity index (χ1n) is 9.22. The van der Waals surface area contributed by atoms with Crippen LogP contribution in [0.4, 0.5) is 5.69 Å². The lowest BCUT2D eigenvalue weighted by atomic mass is 10.1. The minimum absolute atomic E-state index is 0.0369. The van der Waals surface area contributed by atoms with Crippen molar-refractivity contribution in [3.8, 4) is 0 Å². The van der Waals surface area contributed by atoms with Gasteiger partial charge in [-0.1, -0.05) is 0 Å². The molecule has 1 atom stereocenters. The molecule has 152 valence electrons. The van der Waals surface area contributed by atoms with E-state index in [1.54, 1.807) is 23.3 Å². The van der Waals surface area contributed by atoms with Crippen molar-refractivity contribution >= 4 is 33.1 Å². The van der Waals surface area contributed by atoms with Crippen LogP contribution in [0, 0.1) is 0 Å². The molecule has 2 amide bonds. The van der Waals surface area contributed by atoms with Crippen LogP contribution in [0.25, 0.3) is 0 Å². The molecule has 1 N–H and O–H groups in total. The number of carbonyl (C=O) groups excluding carboxylic acids is 2. The third-order valence-electron chi connectivity index (χ3n) is 4.86. The first-order chi connectivity index (χ1) is 13.9. The zero-order chi connectivity index (χ0) is 20.4. The molecule has 11 heteroatoms. The SMILES string of the molecule is O=C(Nc1cnn(Cc2ccncc2)c1)C1=NN([C@@H]2CCS(=O)(=O)C2)C(=O)CC1. The van der Waals surface area contributed by atoms with Crippen LogP contribution in [0.2, 0.25) is 0 Å².